The predicted molar refractivity (Wildman–Crippen MR) is 135 cm³/mol. The van der Waals surface area contributed by atoms with Gasteiger partial charge in [-0.05, 0) is 18.1 Å². The molecule has 0 atom stereocenters. The van der Waals surface area contributed by atoms with Crippen LogP contribution in [0.3, 0.4) is 0 Å². The van der Waals surface area contributed by atoms with Crippen molar-refractivity contribution >= 4 is 23.8 Å². The van der Waals surface area contributed by atoms with E-state index in [2.05, 4.69) is 17.3 Å². The first kappa shape index (κ1) is 25.9. The molecule has 1 N–H and O–H groups in total. The Morgan fingerprint density at radius 2 is 1.47 bits per heavy atom. The van der Waals surface area contributed by atoms with E-state index in [1.807, 2.05) is 24.3 Å². The molecule has 3 aromatic carbocycles. The molecule has 194 valence electrons. The minimum Gasteiger partial charge on any atom is -0.456 e. The number of hydrogen-bond acceptors (Lipinski definition) is 8. The minimum atomic E-state index is -0.927. The van der Waals surface area contributed by atoms with Crippen LogP contribution < -0.4 is 19.9 Å². The van der Waals surface area contributed by atoms with Crippen molar-refractivity contribution in [3.63, 3.8) is 0 Å². The maximum atomic E-state index is 13.2. The summed E-state index contributed by atoms with van der Waals surface area (Å²) >= 11 is 0. The van der Waals surface area contributed by atoms with Crippen LogP contribution in [0.5, 0.6) is 11.5 Å². The average molecular weight is 517 g/mol. The molecule has 0 fully saturated rings. The number of hydrazine groups is 1. The summed E-state index contributed by atoms with van der Waals surface area (Å²) in [5.74, 6) is 4.92. The van der Waals surface area contributed by atoms with Gasteiger partial charge in [-0.1, -0.05) is 66.6 Å². The molecule has 2 amide bonds. The SMILES string of the molecule is CCOC(=O)C#Cc1cc2c(cc1N(NC(=O)OCc1ccccc1)C(=O)OCc1ccccc1)OCO2. The number of fused-ring (bicyclic) bond motifs is 1. The van der Waals surface area contributed by atoms with E-state index >= 15 is 0 Å². The van der Waals surface area contributed by atoms with Crippen molar-refractivity contribution in [1.82, 2.24) is 5.43 Å². The highest BCUT2D eigenvalue weighted by Gasteiger charge is 2.27. The zero-order chi connectivity index (χ0) is 26.7. The largest absolute Gasteiger partial charge is 0.456 e. The lowest BCUT2D eigenvalue weighted by Crippen LogP contribution is -2.47. The molecule has 0 unspecified atom stereocenters. The summed E-state index contributed by atoms with van der Waals surface area (Å²) in [6.07, 6.45) is -1.85. The van der Waals surface area contributed by atoms with E-state index in [-0.39, 0.29) is 37.9 Å². The highest BCUT2D eigenvalue weighted by molar-refractivity contribution is 5.94. The van der Waals surface area contributed by atoms with Crippen LogP contribution in [0.1, 0.15) is 23.6 Å². The second-order valence-corrected chi connectivity index (χ2v) is 7.74. The number of benzene rings is 3. The normalized spacial score (nSPS) is 11.0. The van der Waals surface area contributed by atoms with Crippen molar-refractivity contribution in [2.45, 2.75) is 20.1 Å². The highest BCUT2D eigenvalue weighted by atomic mass is 16.7. The van der Waals surface area contributed by atoms with E-state index in [9.17, 15) is 14.4 Å². The Hall–Kier alpha value is -5.17. The number of esters is 1. The molecular formula is C28H24N2O8. The first-order valence-corrected chi connectivity index (χ1v) is 11.6. The number of amides is 2. The van der Waals surface area contributed by atoms with Gasteiger partial charge in [0.15, 0.2) is 11.5 Å². The fourth-order valence-corrected chi connectivity index (χ4v) is 3.34. The van der Waals surface area contributed by atoms with Gasteiger partial charge in [0.05, 0.1) is 17.9 Å². The van der Waals surface area contributed by atoms with Crippen molar-refractivity contribution in [1.29, 1.82) is 0 Å². The van der Waals surface area contributed by atoms with E-state index in [0.29, 0.717) is 11.5 Å². The van der Waals surface area contributed by atoms with E-state index in [1.165, 1.54) is 12.1 Å². The number of carbonyl (C=O) groups excluding carboxylic acids is 3. The molecule has 3 aromatic rings. The van der Waals surface area contributed by atoms with Gasteiger partial charge in [0.1, 0.15) is 13.2 Å². The topological polar surface area (TPSA) is 113 Å². The van der Waals surface area contributed by atoms with Crippen LogP contribution >= 0.6 is 0 Å². The lowest BCUT2D eigenvalue weighted by Gasteiger charge is -2.24. The quantitative estimate of drug-likeness (QED) is 0.223. The summed E-state index contributed by atoms with van der Waals surface area (Å²) in [7, 11) is 0. The van der Waals surface area contributed by atoms with Gasteiger partial charge in [0.25, 0.3) is 0 Å². The van der Waals surface area contributed by atoms with Gasteiger partial charge in [-0.3, -0.25) is 0 Å². The maximum absolute atomic E-state index is 13.2. The fourth-order valence-electron chi connectivity index (χ4n) is 3.34. The summed E-state index contributed by atoms with van der Waals surface area (Å²) in [6.45, 7) is 1.66. The van der Waals surface area contributed by atoms with E-state index < -0.39 is 18.2 Å². The number of carbonyl (C=O) groups is 3. The number of anilines is 1. The minimum absolute atomic E-state index is 0.0315. The Labute approximate surface area is 219 Å². The number of ether oxygens (including phenoxy) is 5. The first-order chi connectivity index (χ1) is 18.5. The lowest BCUT2D eigenvalue weighted by molar-refractivity contribution is -0.136. The Morgan fingerprint density at radius 1 is 0.868 bits per heavy atom. The van der Waals surface area contributed by atoms with Gasteiger partial charge in [0.2, 0.25) is 6.79 Å². The number of nitrogens with one attached hydrogen (secondary N) is 1. The van der Waals surface area contributed by atoms with Gasteiger partial charge in [-0.25, -0.2) is 19.8 Å². The molecule has 0 saturated carbocycles. The van der Waals surface area contributed by atoms with Crippen molar-refractivity contribution < 1.29 is 38.1 Å². The third-order valence-electron chi connectivity index (χ3n) is 5.11. The molecule has 10 nitrogen and oxygen atoms in total. The van der Waals surface area contributed by atoms with Gasteiger partial charge in [0, 0.05) is 18.1 Å². The smallest absolute Gasteiger partial charge is 0.433 e. The van der Waals surface area contributed by atoms with Crippen LogP contribution in [-0.2, 0) is 32.2 Å². The van der Waals surface area contributed by atoms with Crippen LogP contribution in [0, 0.1) is 11.8 Å². The standard InChI is InChI=1S/C28H24N2O8/c1-2-34-26(31)14-13-22-15-24-25(38-19-37-24)16-23(22)30(28(33)36-18-21-11-7-4-8-12-21)29-27(32)35-17-20-9-5-3-6-10-20/h3-12,15-16H,2,17-19H2,1H3,(H,29,32). The third kappa shape index (κ3) is 6.95. The Bertz CT molecular complexity index is 1350. The Kier molecular flexibility index (Phi) is 8.65. The summed E-state index contributed by atoms with van der Waals surface area (Å²) in [4.78, 5) is 37.8. The van der Waals surface area contributed by atoms with Crippen LogP contribution in [0.25, 0.3) is 0 Å². The molecule has 0 spiro atoms. The van der Waals surface area contributed by atoms with Crippen molar-refractivity contribution in [2.75, 3.05) is 18.4 Å². The van der Waals surface area contributed by atoms with E-state index in [1.54, 1.807) is 43.3 Å². The van der Waals surface area contributed by atoms with Gasteiger partial charge in [-0.15, -0.1) is 0 Å². The molecule has 1 aliphatic heterocycles. The molecule has 0 bridgehead atoms. The molecular weight excluding hydrogens is 492 g/mol. The third-order valence-corrected chi connectivity index (χ3v) is 5.11. The van der Waals surface area contributed by atoms with Crippen molar-refractivity contribution in [3.05, 3.63) is 89.5 Å². The highest BCUT2D eigenvalue weighted by Crippen LogP contribution is 2.38. The Morgan fingerprint density at radius 3 is 2.11 bits per heavy atom. The molecule has 1 heterocycles. The van der Waals surface area contributed by atoms with Crippen molar-refractivity contribution in [3.8, 4) is 23.3 Å². The lowest BCUT2D eigenvalue weighted by atomic mass is 10.1. The number of rotatable bonds is 6. The second kappa shape index (κ2) is 12.7. The molecule has 0 aromatic heterocycles. The van der Waals surface area contributed by atoms with Gasteiger partial charge >= 0.3 is 18.2 Å². The molecule has 38 heavy (non-hydrogen) atoms. The predicted octanol–water partition coefficient (Wildman–Crippen LogP) is 4.31. The van der Waals surface area contributed by atoms with Gasteiger partial charge in [-0.2, -0.15) is 5.01 Å². The molecule has 4 rings (SSSR count). The number of nitrogens with zero attached hydrogens (tertiary/aromatic N) is 1. The summed E-state index contributed by atoms with van der Waals surface area (Å²) in [6, 6.07) is 21.0. The van der Waals surface area contributed by atoms with Crippen LogP contribution in [0.15, 0.2) is 72.8 Å². The van der Waals surface area contributed by atoms with Crippen LogP contribution in [0.2, 0.25) is 0 Å². The van der Waals surface area contributed by atoms with Gasteiger partial charge < -0.3 is 23.7 Å². The second-order valence-electron chi connectivity index (χ2n) is 7.74. The molecule has 10 heteroatoms. The summed E-state index contributed by atoms with van der Waals surface area (Å²) < 4.78 is 26.5. The number of hydrogen-bond donors (Lipinski definition) is 1. The molecule has 0 radical (unpaired) electrons. The first-order valence-electron chi connectivity index (χ1n) is 11.6. The Balaban J connectivity index is 1.62. The molecule has 0 aliphatic carbocycles. The fraction of sp³-hybridized carbons (Fsp3) is 0.179. The van der Waals surface area contributed by atoms with E-state index in [4.69, 9.17) is 23.7 Å². The summed E-state index contributed by atoms with van der Waals surface area (Å²) in [5.41, 5.74) is 4.13. The van der Waals surface area contributed by atoms with Crippen LogP contribution in [-0.4, -0.2) is 31.6 Å². The zero-order valence-electron chi connectivity index (χ0n) is 20.5. The monoisotopic (exact) mass is 516 g/mol. The molecule has 1 aliphatic rings. The molecule has 0 saturated heterocycles. The zero-order valence-corrected chi connectivity index (χ0v) is 20.5. The average Bonchev–Trinajstić information content (AvgIpc) is 3.41. The van der Waals surface area contributed by atoms with E-state index in [0.717, 1.165) is 16.1 Å². The summed E-state index contributed by atoms with van der Waals surface area (Å²) in [5, 5.41) is 0.841. The maximum Gasteiger partial charge on any atom is 0.433 e. The van der Waals surface area contributed by atoms with Crippen LogP contribution in [0.4, 0.5) is 15.3 Å². The van der Waals surface area contributed by atoms with Crippen molar-refractivity contribution in [2.24, 2.45) is 0 Å².